The molecule has 0 N–H and O–H groups in total. The molecule has 5 nitrogen and oxygen atoms in total. The second-order valence-corrected chi connectivity index (χ2v) is 5.09. The molecule has 23 heavy (non-hydrogen) atoms. The second-order valence-electron chi connectivity index (χ2n) is 5.09. The van der Waals surface area contributed by atoms with E-state index in [9.17, 15) is 0 Å². The number of aromatic nitrogens is 2. The summed E-state index contributed by atoms with van der Waals surface area (Å²) in [5, 5.41) is 20.5. The molecule has 0 aliphatic heterocycles. The highest BCUT2D eigenvalue weighted by Crippen LogP contribution is 2.10. The third kappa shape index (κ3) is 5.87. The molecule has 5 heteroatoms. The highest BCUT2D eigenvalue weighted by Gasteiger charge is 2.07. The van der Waals surface area contributed by atoms with Gasteiger partial charge in [0, 0.05) is 17.5 Å². The third-order valence-corrected chi connectivity index (χ3v) is 3.33. The molecule has 118 valence electrons. The predicted octanol–water partition coefficient (Wildman–Crippen LogP) is 3.72. The standard InChI is InChI=1S/C18H20N4O/c19-12-7-2-1-3-8-14-23-22-18(16-9-5-4-6-10-16)17-11-13-20-21-15-17/h4-6,9-11,13,15H,1-3,7-8,14H2/b22-18+. The number of hydrogen-bond acceptors (Lipinski definition) is 5. The van der Waals surface area contributed by atoms with Crippen LogP contribution in [0.5, 0.6) is 0 Å². The molecule has 0 spiro atoms. The normalized spacial score (nSPS) is 11.0. The zero-order valence-electron chi connectivity index (χ0n) is 13.1. The van der Waals surface area contributed by atoms with E-state index in [4.69, 9.17) is 10.1 Å². The molecule has 0 unspecified atom stereocenters. The van der Waals surface area contributed by atoms with E-state index >= 15 is 0 Å². The van der Waals surface area contributed by atoms with Crippen LogP contribution < -0.4 is 0 Å². The van der Waals surface area contributed by atoms with Gasteiger partial charge in [0.1, 0.15) is 12.3 Å². The van der Waals surface area contributed by atoms with E-state index < -0.39 is 0 Å². The Kier molecular flexibility index (Phi) is 7.28. The van der Waals surface area contributed by atoms with Crippen molar-refractivity contribution in [3.05, 3.63) is 59.9 Å². The van der Waals surface area contributed by atoms with Crippen molar-refractivity contribution in [2.24, 2.45) is 5.16 Å². The fourth-order valence-electron chi connectivity index (χ4n) is 2.13. The molecule has 0 saturated carbocycles. The van der Waals surface area contributed by atoms with Gasteiger partial charge in [0.05, 0.1) is 18.5 Å². The van der Waals surface area contributed by atoms with Crippen LogP contribution >= 0.6 is 0 Å². The maximum Gasteiger partial charge on any atom is 0.118 e. The summed E-state index contributed by atoms with van der Waals surface area (Å²) in [6.45, 7) is 0.571. The Hall–Kier alpha value is -2.74. The van der Waals surface area contributed by atoms with Gasteiger partial charge >= 0.3 is 0 Å². The molecule has 0 amide bonds. The van der Waals surface area contributed by atoms with E-state index in [0.717, 1.165) is 42.5 Å². The lowest BCUT2D eigenvalue weighted by Crippen LogP contribution is -2.05. The van der Waals surface area contributed by atoms with Crippen LogP contribution in [0.2, 0.25) is 0 Å². The molecule has 2 aromatic rings. The van der Waals surface area contributed by atoms with Gasteiger partial charge in [0.15, 0.2) is 0 Å². The van der Waals surface area contributed by atoms with Gasteiger partial charge < -0.3 is 4.84 Å². The molecular formula is C18H20N4O. The van der Waals surface area contributed by atoms with Crippen molar-refractivity contribution in [2.45, 2.75) is 32.1 Å². The van der Waals surface area contributed by atoms with Crippen molar-refractivity contribution in [3.8, 4) is 6.07 Å². The average molecular weight is 308 g/mol. The summed E-state index contributed by atoms with van der Waals surface area (Å²) in [5.41, 5.74) is 2.61. The van der Waals surface area contributed by atoms with Crippen LogP contribution in [0, 0.1) is 11.3 Å². The van der Waals surface area contributed by atoms with Crippen LogP contribution in [-0.4, -0.2) is 22.5 Å². The minimum absolute atomic E-state index is 0.571. The predicted molar refractivity (Wildman–Crippen MR) is 88.8 cm³/mol. The maximum absolute atomic E-state index is 8.48. The molecule has 0 aliphatic carbocycles. The van der Waals surface area contributed by atoms with Crippen molar-refractivity contribution < 1.29 is 4.84 Å². The molecule has 1 heterocycles. The van der Waals surface area contributed by atoms with E-state index in [1.165, 1.54) is 0 Å². The summed E-state index contributed by atoms with van der Waals surface area (Å²) in [6, 6.07) is 13.9. The zero-order chi connectivity index (χ0) is 16.2. The molecular weight excluding hydrogens is 288 g/mol. The lowest BCUT2D eigenvalue weighted by molar-refractivity contribution is 0.140. The number of hydrogen-bond donors (Lipinski definition) is 0. The van der Waals surface area contributed by atoms with Crippen LogP contribution in [0.15, 0.2) is 53.9 Å². The molecule has 0 radical (unpaired) electrons. The topological polar surface area (TPSA) is 71.2 Å². The summed E-state index contributed by atoms with van der Waals surface area (Å²) >= 11 is 0. The van der Waals surface area contributed by atoms with E-state index in [-0.39, 0.29) is 0 Å². The zero-order valence-corrected chi connectivity index (χ0v) is 13.1. The van der Waals surface area contributed by atoms with Gasteiger partial charge in [0.2, 0.25) is 0 Å². The number of nitriles is 1. The first-order valence-corrected chi connectivity index (χ1v) is 7.81. The highest BCUT2D eigenvalue weighted by atomic mass is 16.6. The molecule has 2 rings (SSSR count). The summed E-state index contributed by atoms with van der Waals surface area (Å²) in [7, 11) is 0. The van der Waals surface area contributed by atoms with Crippen molar-refractivity contribution in [3.63, 3.8) is 0 Å². The van der Waals surface area contributed by atoms with Gasteiger partial charge in [0.25, 0.3) is 0 Å². The smallest absolute Gasteiger partial charge is 0.118 e. The Morgan fingerprint density at radius 3 is 2.57 bits per heavy atom. The molecule has 0 fully saturated rings. The first-order chi connectivity index (χ1) is 11.4. The van der Waals surface area contributed by atoms with Gasteiger partial charge in [-0.25, -0.2) is 0 Å². The highest BCUT2D eigenvalue weighted by molar-refractivity contribution is 6.12. The van der Waals surface area contributed by atoms with Crippen molar-refractivity contribution in [1.29, 1.82) is 5.26 Å². The first kappa shape index (κ1) is 16.6. The Morgan fingerprint density at radius 2 is 1.83 bits per heavy atom. The number of unbranched alkanes of at least 4 members (excludes halogenated alkanes) is 4. The van der Waals surface area contributed by atoms with Gasteiger partial charge in [-0.15, -0.1) is 0 Å². The van der Waals surface area contributed by atoms with Gasteiger partial charge in [-0.3, -0.25) is 0 Å². The van der Waals surface area contributed by atoms with Crippen LogP contribution in [0.4, 0.5) is 0 Å². The fourth-order valence-corrected chi connectivity index (χ4v) is 2.13. The van der Waals surface area contributed by atoms with Crippen LogP contribution in [-0.2, 0) is 4.84 Å². The Labute approximate surface area is 136 Å². The Bertz CT molecular complexity index is 594. The molecule has 0 saturated heterocycles. The minimum atomic E-state index is 0.571. The summed E-state index contributed by atoms with van der Waals surface area (Å²) in [4.78, 5) is 5.49. The summed E-state index contributed by atoms with van der Waals surface area (Å²) in [5.74, 6) is 0. The van der Waals surface area contributed by atoms with Crippen molar-refractivity contribution in [1.82, 2.24) is 10.2 Å². The van der Waals surface area contributed by atoms with Gasteiger partial charge in [-0.05, 0) is 25.3 Å². The lowest BCUT2D eigenvalue weighted by Gasteiger charge is -2.07. The van der Waals surface area contributed by atoms with E-state index in [0.29, 0.717) is 13.0 Å². The molecule has 0 bridgehead atoms. The fraction of sp³-hybridized carbons (Fsp3) is 0.333. The first-order valence-electron chi connectivity index (χ1n) is 7.81. The number of nitrogens with zero attached hydrogens (tertiary/aromatic N) is 4. The number of oxime groups is 1. The summed E-state index contributed by atoms with van der Waals surface area (Å²) < 4.78 is 0. The van der Waals surface area contributed by atoms with E-state index in [2.05, 4.69) is 21.4 Å². The Morgan fingerprint density at radius 1 is 1.00 bits per heavy atom. The molecule has 1 aromatic carbocycles. The van der Waals surface area contributed by atoms with Crippen molar-refractivity contribution in [2.75, 3.05) is 6.61 Å². The maximum atomic E-state index is 8.48. The van der Waals surface area contributed by atoms with E-state index in [1.54, 1.807) is 12.4 Å². The van der Waals surface area contributed by atoms with Crippen LogP contribution in [0.3, 0.4) is 0 Å². The lowest BCUT2D eigenvalue weighted by atomic mass is 10.1. The number of benzene rings is 1. The molecule has 0 atom stereocenters. The monoisotopic (exact) mass is 308 g/mol. The average Bonchev–Trinajstić information content (AvgIpc) is 2.62. The van der Waals surface area contributed by atoms with Crippen molar-refractivity contribution >= 4 is 5.71 Å². The largest absolute Gasteiger partial charge is 0.395 e. The quantitative estimate of drug-likeness (QED) is 0.402. The molecule has 0 aliphatic rings. The number of rotatable bonds is 9. The van der Waals surface area contributed by atoms with E-state index in [1.807, 2.05) is 36.4 Å². The second kappa shape index (κ2) is 10.1. The SMILES string of the molecule is N#CCCCCCCO/N=C(\c1ccccc1)c1ccnnc1. The summed E-state index contributed by atoms with van der Waals surface area (Å²) in [6.07, 6.45) is 7.95. The molecule has 1 aromatic heterocycles. The van der Waals surface area contributed by atoms with Gasteiger partial charge in [-0.2, -0.15) is 15.5 Å². The third-order valence-electron chi connectivity index (χ3n) is 3.33. The Balaban J connectivity index is 1.92. The van der Waals surface area contributed by atoms with Gasteiger partial charge in [-0.1, -0.05) is 41.9 Å². The minimum Gasteiger partial charge on any atom is -0.395 e. The van der Waals surface area contributed by atoms with Crippen LogP contribution in [0.25, 0.3) is 0 Å². The van der Waals surface area contributed by atoms with Crippen LogP contribution in [0.1, 0.15) is 43.2 Å².